The molecule has 0 bridgehead atoms. The lowest BCUT2D eigenvalue weighted by atomic mass is 10.1. The van der Waals surface area contributed by atoms with Crippen LogP contribution in [0, 0.1) is 0 Å². The molecule has 3 nitrogen and oxygen atoms in total. The maximum Gasteiger partial charge on any atom is 0.0515 e. The minimum absolute atomic E-state index is 0.242. The van der Waals surface area contributed by atoms with Crippen LogP contribution in [-0.2, 0) is 13.0 Å². The van der Waals surface area contributed by atoms with E-state index in [4.69, 9.17) is 10.3 Å². The van der Waals surface area contributed by atoms with Gasteiger partial charge >= 0.3 is 0 Å². The first kappa shape index (κ1) is 11.2. The molecule has 0 aliphatic carbocycles. The molecular weight excluding hydrogens is 178 g/mol. The molecule has 1 aromatic rings. The summed E-state index contributed by atoms with van der Waals surface area (Å²) < 4.78 is 0. The van der Waals surface area contributed by atoms with Crippen LogP contribution in [-0.4, -0.2) is 16.4 Å². The van der Waals surface area contributed by atoms with E-state index in [1.807, 2.05) is 24.3 Å². The molecule has 0 radical (unpaired) electrons. The third-order valence-corrected chi connectivity index (χ3v) is 2.16. The summed E-state index contributed by atoms with van der Waals surface area (Å²) in [6.07, 6.45) is 1.44. The second-order valence-corrected chi connectivity index (χ2v) is 3.54. The Labute approximate surface area is 84.3 Å². The summed E-state index contributed by atoms with van der Waals surface area (Å²) in [7, 11) is 0. The van der Waals surface area contributed by atoms with Crippen molar-refractivity contribution in [3.8, 4) is 0 Å². The molecule has 3 N–H and O–H groups in total. The van der Waals surface area contributed by atoms with Gasteiger partial charge in [0.1, 0.15) is 0 Å². The summed E-state index contributed by atoms with van der Waals surface area (Å²) in [6.45, 7) is 2.26. The first-order chi connectivity index (χ1) is 6.72. The lowest BCUT2D eigenvalue weighted by molar-refractivity contribution is 0.161. The van der Waals surface area contributed by atoms with Crippen LogP contribution in [0.4, 0.5) is 0 Å². The number of aliphatic hydroxyl groups excluding tert-OH is 1. The van der Waals surface area contributed by atoms with Crippen LogP contribution in [0.2, 0.25) is 0 Å². The van der Waals surface area contributed by atoms with Gasteiger partial charge in [-0.3, -0.25) is 0 Å². The highest BCUT2D eigenvalue weighted by Crippen LogP contribution is 2.07. The Hall–Kier alpha value is -0.900. The maximum absolute atomic E-state index is 9.11. The second-order valence-electron chi connectivity index (χ2n) is 3.54. The average Bonchev–Trinajstić information content (AvgIpc) is 2.17. The third-order valence-electron chi connectivity index (χ3n) is 2.16. The predicted molar refractivity (Wildman–Crippen MR) is 55.1 cm³/mol. The molecule has 0 aliphatic rings. The van der Waals surface area contributed by atoms with E-state index in [9.17, 15) is 0 Å². The van der Waals surface area contributed by atoms with Crippen molar-refractivity contribution in [2.45, 2.75) is 32.4 Å². The topological polar surface area (TPSA) is 52.5 Å². The van der Waals surface area contributed by atoms with Crippen LogP contribution < -0.4 is 5.48 Å². The van der Waals surface area contributed by atoms with E-state index in [1.165, 1.54) is 5.56 Å². The molecule has 0 saturated carbocycles. The summed E-state index contributed by atoms with van der Waals surface area (Å²) in [5.41, 5.74) is 4.38. The number of nitrogens with one attached hydrogen (secondary N) is 1. The van der Waals surface area contributed by atoms with Gasteiger partial charge in [0.15, 0.2) is 0 Å². The van der Waals surface area contributed by atoms with Crippen molar-refractivity contribution in [1.29, 1.82) is 0 Å². The standard InChI is InChI=1S/C11H17NO2/c1-9(13)2-3-10-4-6-11(7-5-10)8-12-14/h4-7,9,12-14H,2-3,8H2,1H3. The van der Waals surface area contributed by atoms with Crippen molar-refractivity contribution < 1.29 is 10.3 Å². The van der Waals surface area contributed by atoms with Gasteiger partial charge in [-0.05, 0) is 30.9 Å². The van der Waals surface area contributed by atoms with E-state index in [0.29, 0.717) is 6.54 Å². The molecule has 1 rings (SSSR count). The molecule has 0 aromatic heterocycles. The Morgan fingerprint density at radius 1 is 1.21 bits per heavy atom. The lowest BCUT2D eigenvalue weighted by Crippen LogP contribution is -2.06. The van der Waals surface area contributed by atoms with E-state index >= 15 is 0 Å². The first-order valence-corrected chi connectivity index (χ1v) is 4.85. The highest BCUT2D eigenvalue weighted by molar-refractivity contribution is 5.22. The van der Waals surface area contributed by atoms with Crippen molar-refractivity contribution in [3.63, 3.8) is 0 Å². The molecule has 1 atom stereocenters. The van der Waals surface area contributed by atoms with E-state index in [0.717, 1.165) is 18.4 Å². The predicted octanol–water partition coefficient (Wildman–Crippen LogP) is 1.48. The second kappa shape index (κ2) is 5.75. The Bertz CT molecular complexity index is 256. The fourth-order valence-corrected chi connectivity index (χ4v) is 1.29. The van der Waals surface area contributed by atoms with Crippen LogP contribution in [0.3, 0.4) is 0 Å². The molecule has 1 unspecified atom stereocenters. The van der Waals surface area contributed by atoms with Gasteiger partial charge in [0.2, 0.25) is 0 Å². The van der Waals surface area contributed by atoms with E-state index in [1.54, 1.807) is 6.92 Å². The van der Waals surface area contributed by atoms with Crippen LogP contribution in [0.1, 0.15) is 24.5 Å². The maximum atomic E-state index is 9.11. The van der Waals surface area contributed by atoms with Crippen molar-refractivity contribution in [3.05, 3.63) is 35.4 Å². The minimum Gasteiger partial charge on any atom is -0.393 e. The molecule has 14 heavy (non-hydrogen) atoms. The number of hydrogen-bond donors (Lipinski definition) is 3. The Balaban J connectivity index is 2.46. The fraction of sp³-hybridized carbons (Fsp3) is 0.455. The number of hydrogen-bond acceptors (Lipinski definition) is 3. The van der Waals surface area contributed by atoms with Crippen molar-refractivity contribution in [2.75, 3.05) is 0 Å². The molecule has 78 valence electrons. The smallest absolute Gasteiger partial charge is 0.0515 e. The number of rotatable bonds is 5. The number of benzene rings is 1. The van der Waals surface area contributed by atoms with Gasteiger partial charge in [-0.15, -0.1) is 0 Å². The van der Waals surface area contributed by atoms with E-state index < -0.39 is 0 Å². The summed E-state index contributed by atoms with van der Waals surface area (Å²) in [6, 6.07) is 7.99. The van der Waals surface area contributed by atoms with Crippen LogP contribution >= 0.6 is 0 Å². The Morgan fingerprint density at radius 3 is 2.29 bits per heavy atom. The van der Waals surface area contributed by atoms with Crippen molar-refractivity contribution in [1.82, 2.24) is 5.48 Å². The number of hydroxylamine groups is 1. The Kier molecular flexibility index (Phi) is 4.59. The minimum atomic E-state index is -0.242. The van der Waals surface area contributed by atoms with Gasteiger partial charge in [0.25, 0.3) is 0 Å². The molecule has 0 heterocycles. The highest BCUT2D eigenvalue weighted by atomic mass is 16.5. The quantitative estimate of drug-likeness (QED) is 0.624. The first-order valence-electron chi connectivity index (χ1n) is 4.85. The zero-order valence-corrected chi connectivity index (χ0v) is 8.40. The lowest BCUT2D eigenvalue weighted by Gasteiger charge is -2.05. The SMILES string of the molecule is CC(O)CCc1ccc(CNO)cc1. The van der Waals surface area contributed by atoms with Crippen LogP contribution in [0.25, 0.3) is 0 Å². The summed E-state index contributed by atoms with van der Waals surface area (Å²) in [5, 5.41) is 17.6. The van der Waals surface area contributed by atoms with Gasteiger partial charge in [-0.1, -0.05) is 24.3 Å². The Morgan fingerprint density at radius 2 is 1.79 bits per heavy atom. The van der Waals surface area contributed by atoms with Gasteiger partial charge in [0, 0.05) is 6.54 Å². The van der Waals surface area contributed by atoms with Crippen molar-refractivity contribution in [2.24, 2.45) is 0 Å². The fourth-order valence-electron chi connectivity index (χ4n) is 1.29. The molecule has 3 heteroatoms. The van der Waals surface area contributed by atoms with E-state index in [-0.39, 0.29) is 6.10 Å². The van der Waals surface area contributed by atoms with E-state index in [2.05, 4.69) is 5.48 Å². The molecule has 0 fully saturated rings. The number of aliphatic hydroxyl groups is 1. The zero-order chi connectivity index (χ0) is 10.4. The highest BCUT2D eigenvalue weighted by Gasteiger charge is 1.98. The average molecular weight is 195 g/mol. The van der Waals surface area contributed by atoms with Gasteiger partial charge in [-0.2, -0.15) is 0 Å². The molecule has 0 amide bonds. The number of aryl methyl sites for hydroxylation is 1. The molecular formula is C11H17NO2. The normalized spacial score (nSPS) is 12.8. The molecule has 0 aliphatic heterocycles. The largest absolute Gasteiger partial charge is 0.393 e. The molecule has 1 aromatic carbocycles. The summed E-state index contributed by atoms with van der Waals surface area (Å²) in [4.78, 5) is 0. The molecule has 0 spiro atoms. The monoisotopic (exact) mass is 195 g/mol. The van der Waals surface area contributed by atoms with Crippen LogP contribution in [0.5, 0.6) is 0 Å². The molecule has 0 saturated heterocycles. The van der Waals surface area contributed by atoms with Gasteiger partial charge in [0.05, 0.1) is 6.10 Å². The van der Waals surface area contributed by atoms with Gasteiger partial charge in [-0.25, -0.2) is 5.48 Å². The summed E-state index contributed by atoms with van der Waals surface area (Å²) in [5.74, 6) is 0. The van der Waals surface area contributed by atoms with Crippen LogP contribution in [0.15, 0.2) is 24.3 Å². The third kappa shape index (κ3) is 3.87. The zero-order valence-electron chi connectivity index (χ0n) is 8.40. The summed E-state index contributed by atoms with van der Waals surface area (Å²) >= 11 is 0. The van der Waals surface area contributed by atoms with Gasteiger partial charge < -0.3 is 10.3 Å². The van der Waals surface area contributed by atoms with Crippen molar-refractivity contribution >= 4 is 0 Å².